The molecule has 1 fully saturated rings. The monoisotopic (exact) mass is 330 g/mol. The number of likely N-dealkylation sites (tertiary alicyclic amines) is 1. The van der Waals surface area contributed by atoms with Gasteiger partial charge in [-0.25, -0.2) is 4.98 Å². The molecule has 3 rings (SSSR count). The molecule has 0 aromatic carbocycles. The van der Waals surface area contributed by atoms with E-state index in [9.17, 15) is 9.59 Å². The lowest BCUT2D eigenvalue weighted by molar-refractivity contribution is -0.138. The number of hydrogen-bond donors (Lipinski definition) is 1. The zero-order valence-electron chi connectivity index (χ0n) is 14.2. The van der Waals surface area contributed by atoms with Gasteiger partial charge in [-0.05, 0) is 38.7 Å². The fraction of sp³-hybridized carbons (Fsp3) is 0.529. The number of carboxylic acid groups (broad SMARTS) is 1. The van der Waals surface area contributed by atoms with Crippen molar-refractivity contribution in [3.8, 4) is 0 Å². The summed E-state index contributed by atoms with van der Waals surface area (Å²) in [5, 5.41) is 14.1. The first-order chi connectivity index (χ1) is 11.4. The van der Waals surface area contributed by atoms with E-state index in [4.69, 9.17) is 5.11 Å². The van der Waals surface area contributed by atoms with Crippen LogP contribution < -0.4 is 0 Å². The number of rotatable bonds is 3. The van der Waals surface area contributed by atoms with Crippen molar-refractivity contribution in [2.24, 2.45) is 13.0 Å². The van der Waals surface area contributed by atoms with Crippen LogP contribution in [0.15, 0.2) is 6.07 Å². The van der Waals surface area contributed by atoms with Gasteiger partial charge in [0.05, 0.1) is 16.6 Å². The van der Waals surface area contributed by atoms with Crippen LogP contribution in [-0.4, -0.2) is 49.7 Å². The predicted molar refractivity (Wildman–Crippen MR) is 88.9 cm³/mol. The van der Waals surface area contributed by atoms with Crippen LogP contribution in [-0.2, 0) is 11.8 Å². The third-order valence-corrected chi connectivity index (χ3v) is 4.69. The fourth-order valence-corrected chi connectivity index (χ4v) is 3.50. The zero-order chi connectivity index (χ0) is 17.4. The summed E-state index contributed by atoms with van der Waals surface area (Å²) >= 11 is 0. The van der Waals surface area contributed by atoms with Crippen molar-refractivity contribution >= 4 is 22.9 Å². The van der Waals surface area contributed by atoms with Crippen molar-refractivity contribution in [2.45, 2.75) is 33.1 Å². The SMILES string of the molecule is Cc1cc(C(=O)N2CCC(CC(=O)O)CC2)c2c(C)nn(C)c2n1. The van der Waals surface area contributed by atoms with Gasteiger partial charge in [0.25, 0.3) is 5.91 Å². The van der Waals surface area contributed by atoms with Crippen molar-refractivity contribution in [1.29, 1.82) is 0 Å². The van der Waals surface area contributed by atoms with E-state index < -0.39 is 5.97 Å². The Morgan fingerprint density at radius 1 is 1.29 bits per heavy atom. The molecule has 2 aromatic heterocycles. The second-order valence-corrected chi connectivity index (χ2v) is 6.55. The van der Waals surface area contributed by atoms with Crippen LogP contribution in [0.1, 0.15) is 41.0 Å². The minimum atomic E-state index is -0.766. The molecular weight excluding hydrogens is 308 g/mol. The Morgan fingerprint density at radius 3 is 2.58 bits per heavy atom. The molecule has 0 unspecified atom stereocenters. The Bertz CT molecular complexity index is 804. The maximum Gasteiger partial charge on any atom is 0.303 e. The van der Waals surface area contributed by atoms with Gasteiger partial charge in [0.2, 0.25) is 0 Å². The van der Waals surface area contributed by atoms with E-state index in [1.807, 2.05) is 31.9 Å². The van der Waals surface area contributed by atoms with Gasteiger partial charge in [-0.1, -0.05) is 0 Å². The van der Waals surface area contributed by atoms with Crippen LogP contribution in [0.2, 0.25) is 0 Å². The van der Waals surface area contributed by atoms with E-state index in [1.54, 1.807) is 4.68 Å². The molecule has 0 aliphatic carbocycles. The van der Waals surface area contributed by atoms with Crippen LogP contribution in [0, 0.1) is 19.8 Å². The number of carbonyl (C=O) groups is 2. The average molecular weight is 330 g/mol. The lowest BCUT2D eigenvalue weighted by Gasteiger charge is -2.31. The minimum absolute atomic E-state index is 0.0182. The second kappa shape index (κ2) is 6.22. The molecule has 0 bridgehead atoms. The van der Waals surface area contributed by atoms with Crippen LogP contribution in [0.3, 0.4) is 0 Å². The van der Waals surface area contributed by atoms with Crippen molar-refractivity contribution in [3.63, 3.8) is 0 Å². The Hall–Kier alpha value is -2.44. The number of amides is 1. The summed E-state index contributed by atoms with van der Waals surface area (Å²) in [6.45, 7) is 4.95. The Labute approximate surface area is 140 Å². The molecule has 1 aliphatic heterocycles. The lowest BCUT2D eigenvalue weighted by Crippen LogP contribution is -2.39. The topological polar surface area (TPSA) is 88.3 Å². The average Bonchev–Trinajstić information content (AvgIpc) is 2.80. The largest absolute Gasteiger partial charge is 0.481 e. The van der Waals surface area contributed by atoms with Crippen LogP contribution in [0.25, 0.3) is 11.0 Å². The minimum Gasteiger partial charge on any atom is -0.481 e. The first kappa shape index (κ1) is 16.4. The molecule has 2 aromatic rings. The number of carbonyl (C=O) groups excluding carboxylic acids is 1. The van der Waals surface area contributed by atoms with Gasteiger partial charge in [0.1, 0.15) is 0 Å². The third-order valence-electron chi connectivity index (χ3n) is 4.69. The second-order valence-electron chi connectivity index (χ2n) is 6.55. The molecule has 0 radical (unpaired) electrons. The van der Waals surface area contributed by atoms with Crippen molar-refractivity contribution in [3.05, 3.63) is 23.0 Å². The third kappa shape index (κ3) is 2.98. The number of hydrogen-bond acceptors (Lipinski definition) is 4. The van der Waals surface area contributed by atoms with Gasteiger partial charge in [-0.2, -0.15) is 5.10 Å². The van der Waals surface area contributed by atoms with Gasteiger partial charge >= 0.3 is 5.97 Å². The summed E-state index contributed by atoms with van der Waals surface area (Å²) in [6.07, 6.45) is 1.65. The van der Waals surface area contributed by atoms with E-state index in [2.05, 4.69) is 10.1 Å². The molecule has 0 spiro atoms. The van der Waals surface area contributed by atoms with Gasteiger partial charge in [0, 0.05) is 32.3 Å². The maximum absolute atomic E-state index is 13.0. The van der Waals surface area contributed by atoms with Crippen molar-refractivity contribution in [1.82, 2.24) is 19.7 Å². The predicted octanol–water partition coefficient (Wildman–Crippen LogP) is 1.91. The number of aromatic nitrogens is 3. The zero-order valence-corrected chi connectivity index (χ0v) is 14.2. The first-order valence-corrected chi connectivity index (χ1v) is 8.19. The van der Waals surface area contributed by atoms with E-state index in [-0.39, 0.29) is 18.2 Å². The summed E-state index contributed by atoms with van der Waals surface area (Å²) < 4.78 is 1.70. The van der Waals surface area contributed by atoms with Crippen LogP contribution in [0.5, 0.6) is 0 Å². The number of piperidine rings is 1. The number of nitrogens with zero attached hydrogens (tertiary/aromatic N) is 4. The highest BCUT2D eigenvalue weighted by Gasteiger charge is 2.27. The Balaban J connectivity index is 1.86. The normalized spacial score (nSPS) is 15.9. The number of aliphatic carboxylic acids is 1. The Morgan fingerprint density at radius 2 is 1.96 bits per heavy atom. The van der Waals surface area contributed by atoms with E-state index in [0.29, 0.717) is 18.7 Å². The molecule has 1 aliphatic rings. The summed E-state index contributed by atoms with van der Waals surface area (Å²) in [5.41, 5.74) is 2.94. The maximum atomic E-state index is 13.0. The highest BCUT2D eigenvalue weighted by atomic mass is 16.4. The Kier molecular flexibility index (Phi) is 4.26. The van der Waals surface area contributed by atoms with Crippen molar-refractivity contribution < 1.29 is 14.7 Å². The molecule has 1 N–H and O–H groups in total. The molecule has 0 saturated carbocycles. The molecule has 1 amide bonds. The van der Waals surface area contributed by atoms with Crippen LogP contribution in [0.4, 0.5) is 0 Å². The summed E-state index contributed by atoms with van der Waals surface area (Å²) in [5.74, 6) is -0.626. The number of fused-ring (bicyclic) bond motifs is 1. The van der Waals surface area contributed by atoms with E-state index in [1.165, 1.54) is 0 Å². The quantitative estimate of drug-likeness (QED) is 0.929. The standard InChI is InChI=1S/C17H22N4O3/c1-10-8-13(15-11(2)19-20(3)16(15)18-10)17(24)21-6-4-12(5-7-21)9-14(22)23/h8,12H,4-7,9H2,1-3H3,(H,22,23). The van der Waals surface area contributed by atoms with E-state index in [0.717, 1.165) is 35.3 Å². The number of aryl methyl sites for hydroxylation is 3. The van der Waals surface area contributed by atoms with Gasteiger partial charge < -0.3 is 10.0 Å². The van der Waals surface area contributed by atoms with Gasteiger partial charge in [0.15, 0.2) is 5.65 Å². The van der Waals surface area contributed by atoms with Gasteiger partial charge in [-0.15, -0.1) is 0 Å². The van der Waals surface area contributed by atoms with E-state index >= 15 is 0 Å². The number of carboxylic acids is 1. The van der Waals surface area contributed by atoms with Gasteiger partial charge in [-0.3, -0.25) is 14.3 Å². The number of pyridine rings is 1. The van der Waals surface area contributed by atoms with Crippen LogP contribution >= 0.6 is 0 Å². The molecule has 0 atom stereocenters. The van der Waals surface area contributed by atoms with Crippen molar-refractivity contribution in [2.75, 3.05) is 13.1 Å². The summed E-state index contributed by atoms with van der Waals surface area (Å²) in [7, 11) is 1.83. The molecule has 24 heavy (non-hydrogen) atoms. The first-order valence-electron chi connectivity index (χ1n) is 8.19. The fourth-order valence-electron chi connectivity index (χ4n) is 3.50. The molecular formula is C17H22N4O3. The smallest absolute Gasteiger partial charge is 0.303 e. The highest BCUT2D eigenvalue weighted by Crippen LogP contribution is 2.26. The highest BCUT2D eigenvalue weighted by molar-refractivity contribution is 6.06. The molecule has 3 heterocycles. The molecule has 7 heteroatoms. The molecule has 128 valence electrons. The summed E-state index contributed by atoms with van der Waals surface area (Å²) in [4.78, 5) is 30.1. The molecule has 7 nitrogen and oxygen atoms in total. The lowest BCUT2D eigenvalue weighted by atomic mass is 9.93. The molecule has 1 saturated heterocycles. The summed E-state index contributed by atoms with van der Waals surface area (Å²) in [6, 6.07) is 1.82.